The van der Waals surface area contributed by atoms with Crippen LogP contribution in [0.5, 0.6) is 0 Å². The van der Waals surface area contributed by atoms with Gasteiger partial charge in [-0.05, 0) is 31.9 Å². The molecule has 0 bridgehead atoms. The average molecular weight is 368 g/mol. The van der Waals surface area contributed by atoms with Gasteiger partial charge in [-0.15, -0.1) is 11.3 Å². The number of sulfone groups is 1. The normalized spacial score (nSPS) is 18.8. The third-order valence-electron chi connectivity index (χ3n) is 4.17. The molecule has 2 aromatic heterocycles. The lowest BCUT2D eigenvalue weighted by Gasteiger charge is -2.31. The Balaban J connectivity index is 1.66. The number of hydrogen-bond acceptors (Lipinski definition) is 6. The molecule has 1 saturated heterocycles. The Morgan fingerprint density at radius 1 is 1.46 bits per heavy atom. The molecule has 8 heteroatoms. The summed E-state index contributed by atoms with van der Waals surface area (Å²) in [7, 11) is -3.11. The van der Waals surface area contributed by atoms with Gasteiger partial charge in [-0.1, -0.05) is 0 Å². The van der Waals surface area contributed by atoms with E-state index in [0.717, 1.165) is 17.2 Å². The number of nitrogens with zero attached hydrogens (tertiary/aromatic N) is 2. The maximum Gasteiger partial charge on any atom is 0.228 e. The van der Waals surface area contributed by atoms with Crippen LogP contribution in [0.15, 0.2) is 21.9 Å². The number of likely N-dealkylation sites (tertiary alicyclic amines) is 1. The summed E-state index contributed by atoms with van der Waals surface area (Å²) in [6, 6.07) is 3.74. The van der Waals surface area contributed by atoms with Crippen LogP contribution in [0.2, 0.25) is 0 Å². The second-order valence-corrected chi connectivity index (χ2v) is 9.35. The van der Waals surface area contributed by atoms with E-state index in [1.807, 2.05) is 24.4 Å². The van der Waals surface area contributed by atoms with Crippen molar-refractivity contribution in [2.45, 2.75) is 31.4 Å². The van der Waals surface area contributed by atoms with Gasteiger partial charge in [-0.3, -0.25) is 4.79 Å². The van der Waals surface area contributed by atoms with Crippen LogP contribution in [0.1, 0.15) is 24.3 Å². The number of thiazole rings is 1. The number of amides is 1. The molecule has 1 aliphatic heterocycles. The minimum Gasteiger partial charge on any atom is -0.459 e. The van der Waals surface area contributed by atoms with E-state index in [-0.39, 0.29) is 18.9 Å². The van der Waals surface area contributed by atoms with Crippen LogP contribution in [0.4, 0.5) is 0 Å². The highest BCUT2D eigenvalue weighted by atomic mass is 32.2. The number of furan rings is 1. The first-order valence-corrected chi connectivity index (χ1v) is 10.6. The quantitative estimate of drug-likeness (QED) is 0.827. The number of carbonyl (C=O) groups excluding carboxylic acids is 1. The summed E-state index contributed by atoms with van der Waals surface area (Å²) in [5.74, 6) is 1.44. The van der Waals surface area contributed by atoms with Crippen molar-refractivity contribution in [3.63, 3.8) is 0 Å². The molecule has 130 valence electrons. The van der Waals surface area contributed by atoms with E-state index in [0.29, 0.717) is 24.4 Å². The van der Waals surface area contributed by atoms with Gasteiger partial charge in [-0.2, -0.15) is 0 Å². The van der Waals surface area contributed by atoms with Crippen molar-refractivity contribution < 1.29 is 17.6 Å². The summed E-state index contributed by atoms with van der Waals surface area (Å²) in [5, 5.41) is 2.15. The van der Waals surface area contributed by atoms with Crippen molar-refractivity contribution in [2.24, 2.45) is 0 Å². The Morgan fingerprint density at radius 2 is 2.25 bits per heavy atom. The monoisotopic (exact) mass is 368 g/mol. The number of hydrogen-bond donors (Lipinski definition) is 0. The molecule has 0 aliphatic carbocycles. The molecule has 2 aromatic rings. The van der Waals surface area contributed by atoms with Gasteiger partial charge in [0.1, 0.15) is 5.76 Å². The lowest BCUT2D eigenvalue weighted by atomic mass is 10.1. The van der Waals surface area contributed by atoms with Crippen LogP contribution in [0.25, 0.3) is 10.8 Å². The minimum absolute atomic E-state index is 0.0733. The van der Waals surface area contributed by atoms with Gasteiger partial charge in [0.15, 0.2) is 20.6 Å². The van der Waals surface area contributed by atoms with E-state index < -0.39 is 15.1 Å². The summed E-state index contributed by atoms with van der Waals surface area (Å²) in [6.45, 7) is 2.77. The van der Waals surface area contributed by atoms with E-state index in [1.54, 1.807) is 4.90 Å². The van der Waals surface area contributed by atoms with Gasteiger partial charge >= 0.3 is 0 Å². The Kier molecular flexibility index (Phi) is 4.78. The molecule has 1 amide bonds. The molecule has 1 aliphatic rings. The summed E-state index contributed by atoms with van der Waals surface area (Å²) >= 11 is 1.44. The van der Waals surface area contributed by atoms with Crippen molar-refractivity contribution in [2.75, 3.05) is 19.3 Å². The second kappa shape index (κ2) is 6.68. The number of aromatic nitrogens is 1. The third kappa shape index (κ3) is 3.87. The molecule has 0 spiro atoms. The van der Waals surface area contributed by atoms with Crippen LogP contribution in [0.3, 0.4) is 0 Å². The number of rotatable bonds is 4. The number of aryl methyl sites for hydroxylation is 1. The molecule has 3 heterocycles. The SMILES string of the molecule is Cc1ccc(-c2nc(CC(=O)N3CCCC(S(C)(=O)=O)C3)cs2)o1. The largest absolute Gasteiger partial charge is 0.459 e. The molecule has 0 aromatic carbocycles. The minimum atomic E-state index is -3.11. The van der Waals surface area contributed by atoms with Crippen molar-refractivity contribution in [1.82, 2.24) is 9.88 Å². The average Bonchev–Trinajstić information content (AvgIpc) is 3.15. The van der Waals surface area contributed by atoms with E-state index in [4.69, 9.17) is 4.42 Å². The second-order valence-electron chi connectivity index (χ2n) is 6.16. The smallest absolute Gasteiger partial charge is 0.228 e. The van der Waals surface area contributed by atoms with Gasteiger partial charge in [0.2, 0.25) is 5.91 Å². The Labute approximate surface area is 145 Å². The predicted octanol–water partition coefficient (Wildman–Crippen LogP) is 2.29. The first-order valence-electron chi connectivity index (χ1n) is 7.81. The molecule has 0 N–H and O–H groups in total. The zero-order chi connectivity index (χ0) is 17.3. The Morgan fingerprint density at radius 3 is 2.92 bits per heavy atom. The van der Waals surface area contributed by atoms with Gasteiger partial charge in [0.05, 0.1) is 17.4 Å². The van der Waals surface area contributed by atoms with E-state index >= 15 is 0 Å². The van der Waals surface area contributed by atoms with E-state index in [2.05, 4.69) is 4.98 Å². The fraction of sp³-hybridized carbons (Fsp3) is 0.500. The fourth-order valence-corrected chi connectivity index (χ4v) is 4.66. The summed E-state index contributed by atoms with van der Waals surface area (Å²) in [6.07, 6.45) is 2.77. The lowest BCUT2D eigenvalue weighted by molar-refractivity contribution is -0.131. The molecule has 0 saturated carbocycles. The molecule has 3 rings (SSSR count). The van der Waals surface area contributed by atoms with Crippen LogP contribution < -0.4 is 0 Å². The van der Waals surface area contributed by atoms with Crippen molar-refractivity contribution in [1.29, 1.82) is 0 Å². The number of carbonyl (C=O) groups is 1. The predicted molar refractivity (Wildman–Crippen MR) is 92.7 cm³/mol. The summed E-state index contributed by atoms with van der Waals surface area (Å²) < 4.78 is 29.0. The Bertz CT molecular complexity index is 838. The maximum absolute atomic E-state index is 12.5. The van der Waals surface area contributed by atoms with Gasteiger partial charge in [0, 0.05) is 24.7 Å². The molecule has 24 heavy (non-hydrogen) atoms. The van der Waals surface area contributed by atoms with Gasteiger partial charge in [0.25, 0.3) is 0 Å². The summed E-state index contributed by atoms with van der Waals surface area (Å²) in [4.78, 5) is 18.6. The molecule has 1 unspecified atom stereocenters. The molecular formula is C16H20N2O4S2. The van der Waals surface area contributed by atoms with E-state index in [1.165, 1.54) is 17.6 Å². The maximum atomic E-state index is 12.5. The standard InChI is InChI=1S/C16H20N2O4S2/c1-11-5-6-14(22-11)16-17-12(10-23-16)8-15(19)18-7-3-4-13(9-18)24(2,20)21/h5-6,10,13H,3-4,7-9H2,1-2H3. The fourth-order valence-electron chi connectivity index (χ4n) is 2.83. The van der Waals surface area contributed by atoms with Crippen LogP contribution in [-0.2, 0) is 21.1 Å². The van der Waals surface area contributed by atoms with Crippen molar-refractivity contribution in [3.05, 3.63) is 29.0 Å². The van der Waals surface area contributed by atoms with Gasteiger partial charge < -0.3 is 9.32 Å². The van der Waals surface area contributed by atoms with Crippen LogP contribution in [0, 0.1) is 6.92 Å². The Hall–Kier alpha value is -1.67. The van der Waals surface area contributed by atoms with Crippen molar-refractivity contribution >= 4 is 27.1 Å². The third-order valence-corrected chi connectivity index (χ3v) is 6.67. The molecule has 1 fully saturated rings. The number of piperidine rings is 1. The zero-order valence-corrected chi connectivity index (χ0v) is 15.3. The van der Waals surface area contributed by atoms with Gasteiger partial charge in [-0.25, -0.2) is 13.4 Å². The highest BCUT2D eigenvalue weighted by Gasteiger charge is 2.30. The van der Waals surface area contributed by atoms with E-state index in [9.17, 15) is 13.2 Å². The summed E-state index contributed by atoms with van der Waals surface area (Å²) in [5.41, 5.74) is 0.690. The molecule has 0 radical (unpaired) electrons. The topological polar surface area (TPSA) is 80.5 Å². The molecule has 1 atom stereocenters. The first kappa shape index (κ1) is 17.2. The van der Waals surface area contributed by atoms with Crippen LogP contribution >= 0.6 is 11.3 Å². The first-order chi connectivity index (χ1) is 11.3. The molecular weight excluding hydrogens is 348 g/mol. The van der Waals surface area contributed by atoms with Crippen molar-refractivity contribution in [3.8, 4) is 10.8 Å². The highest BCUT2D eigenvalue weighted by Crippen LogP contribution is 2.26. The molecule has 6 nitrogen and oxygen atoms in total. The van der Waals surface area contributed by atoms with Crippen LogP contribution in [-0.4, -0.2) is 48.8 Å². The lowest BCUT2D eigenvalue weighted by Crippen LogP contribution is -2.45. The highest BCUT2D eigenvalue weighted by molar-refractivity contribution is 7.91. The zero-order valence-electron chi connectivity index (χ0n) is 13.7.